The van der Waals surface area contributed by atoms with Crippen molar-refractivity contribution in [2.45, 2.75) is 44.2 Å². The fraction of sp³-hybridized carbons (Fsp3) is 0.340. The van der Waals surface area contributed by atoms with Gasteiger partial charge in [0.2, 0.25) is 5.75 Å². The topological polar surface area (TPSA) is 91.0 Å². The van der Waals surface area contributed by atoms with Crippen molar-refractivity contribution in [3.05, 3.63) is 130 Å². The SMILES string of the molecule is COc1cc2c3cc1Oc1c(OC)c(OC)cc4c1[C@@H](Cc1ccc(OCCCNC(=O)c5ccccc5)c(c1)Oc1ccc(cc1)C[C@@H]3N(C)CC2)N(C)CC4. The highest BCUT2D eigenvalue weighted by molar-refractivity contribution is 5.94. The molecule has 0 spiro atoms. The molecule has 57 heavy (non-hydrogen) atoms. The Kier molecular flexibility index (Phi) is 11.2. The normalized spacial score (nSPS) is 17.6. The van der Waals surface area contributed by atoms with Crippen LogP contribution in [-0.2, 0) is 25.7 Å². The molecule has 1 amide bonds. The third-order valence-corrected chi connectivity index (χ3v) is 11.5. The molecule has 0 unspecified atom stereocenters. The molecule has 4 aliphatic heterocycles. The molecule has 5 aromatic rings. The molecule has 4 heterocycles. The third-order valence-electron chi connectivity index (χ3n) is 11.5. The Hall–Kier alpha value is -5.71. The molecule has 296 valence electrons. The lowest BCUT2D eigenvalue weighted by Gasteiger charge is -2.37. The molecule has 0 radical (unpaired) electrons. The molecule has 0 fully saturated rings. The number of likely N-dealkylation sites (N-methyl/N-ethyl adjacent to an activating group) is 2. The smallest absolute Gasteiger partial charge is 0.251 e. The van der Waals surface area contributed by atoms with E-state index in [1.807, 2.05) is 48.5 Å². The maximum atomic E-state index is 12.6. The highest BCUT2D eigenvalue weighted by atomic mass is 16.5. The van der Waals surface area contributed by atoms with Crippen molar-refractivity contribution in [3.63, 3.8) is 0 Å². The number of fused-ring (bicyclic) bond motifs is 2. The van der Waals surface area contributed by atoms with Crippen LogP contribution >= 0.6 is 0 Å². The molecule has 5 aromatic carbocycles. The van der Waals surface area contributed by atoms with Crippen LogP contribution in [0.5, 0.6) is 46.0 Å². The summed E-state index contributed by atoms with van der Waals surface area (Å²) < 4.78 is 38.1. The van der Waals surface area contributed by atoms with Crippen molar-refractivity contribution in [2.75, 3.05) is 61.7 Å². The van der Waals surface area contributed by atoms with E-state index in [0.717, 1.165) is 54.8 Å². The van der Waals surface area contributed by atoms with Gasteiger partial charge in [-0.25, -0.2) is 0 Å². The van der Waals surface area contributed by atoms with Gasteiger partial charge in [-0.05, 0) is 129 Å². The minimum Gasteiger partial charge on any atom is -0.493 e. The lowest BCUT2D eigenvalue weighted by molar-refractivity contribution is 0.0951. The molecule has 0 aliphatic carbocycles. The van der Waals surface area contributed by atoms with Crippen LogP contribution in [0.3, 0.4) is 0 Å². The van der Waals surface area contributed by atoms with E-state index >= 15 is 0 Å². The fourth-order valence-corrected chi connectivity index (χ4v) is 8.37. The molecule has 0 aromatic heterocycles. The van der Waals surface area contributed by atoms with Gasteiger partial charge in [-0.15, -0.1) is 0 Å². The second-order valence-corrected chi connectivity index (χ2v) is 15.1. The first-order valence-corrected chi connectivity index (χ1v) is 19.8. The van der Waals surface area contributed by atoms with Gasteiger partial charge in [-0.3, -0.25) is 14.6 Å². The number of carbonyl (C=O) groups excluding carboxylic acids is 1. The summed E-state index contributed by atoms with van der Waals surface area (Å²) in [5.41, 5.74) is 7.62. The third kappa shape index (κ3) is 7.97. The standard InChI is InChI=1S/C47H51N3O7/c1-49-21-18-33-27-40(52-3)42-29-36(33)37(49)24-30-12-15-35(16-13-30)56-41-26-31(14-17-39(41)55-23-9-20-48-47(51)32-10-7-6-8-11-32)25-38-44-34(19-22-50(38)2)28-43(53-4)45(54-5)46(44)57-42/h6-8,10-17,26-29,37-38H,9,18-25H2,1-5H3,(H,48,51)/t37-,38+/m0/s1. The van der Waals surface area contributed by atoms with Crippen LogP contribution in [0.1, 0.15) is 62.2 Å². The Bertz CT molecular complexity index is 2230. The summed E-state index contributed by atoms with van der Waals surface area (Å²) >= 11 is 0. The number of nitrogens with zero attached hydrogens (tertiary/aromatic N) is 2. The Balaban J connectivity index is 1.18. The second-order valence-electron chi connectivity index (χ2n) is 15.1. The molecule has 0 saturated heterocycles. The number of hydrogen-bond acceptors (Lipinski definition) is 9. The number of methoxy groups -OCH3 is 3. The average Bonchev–Trinajstić information content (AvgIpc) is 3.23. The molecule has 10 heteroatoms. The number of carbonyl (C=O) groups is 1. The molecular weight excluding hydrogens is 719 g/mol. The Labute approximate surface area is 335 Å². The van der Waals surface area contributed by atoms with Crippen LogP contribution in [0, 0.1) is 0 Å². The van der Waals surface area contributed by atoms with E-state index < -0.39 is 0 Å². The van der Waals surface area contributed by atoms with Crippen LogP contribution in [0.25, 0.3) is 0 Å². The number of ether oxygens (including phenoxy) is 6. The van der Waals surface area contributed by atoms with Crippen LogP contribution in [0.2, 0.25) is 0 Å². The molecule has 2 atom stereocenters. The van der Waals surface area contributed by atoms with E-state index in [0.29, 0.717) is 71.8 Å². The number of hydrogen-bond donors (Lipinski definition) is 1. The minimum atomic E-state index is -0.0971. The van der Waals surface area contributed by atoms with E-state index in [1.54, 1.807) is 21.3 Å². The number of amides is 1. The van der Waals surface area contributed by atoms with Crippen molar-refractivity contribution in [2.24, 2.45) is 0 Å². The molecule has 4 aliphatic rings. The predicted molar refractivity (Wildman–Crippen MR) is 220 cm³/mol. The lowest BCUT2D eigenvalue weighted by atomic mass is 9.87. The first kappa shape index (κ1) is 38.2. The highest BCUT2D eigenvalue weighted by Gasteiger charge is 2.35. The number of rotatable bonds is 9. The van der Waals surface area contributed by atoms with Crippen molar-refractivity contribution in [3.8, 4) is 46.0 Å². The summed E-state index contributed by atoms with van der Waals surface area (Å²) in [5, 5.41) is 2.99. The van der Waals surface area contributed by atoms with E-state index in [2.05, 4.69) is 71.7 Å². The van der Waals surface area contributed by atoms with Gasteiger partial charge in [0.25, 0.3) is 5.91 Å². The Morgan fingerprint density at radius 2 is 1.40 bits per heavy atom. The van der Waals surface area contributed by atoms with Crippen LogP contribution in [0.15, 0.2) is 91.0 Å². The van der Waals surface area contributed by atoms with Gasteiger partial charge in [0.15, 0.2) is 34.5 Å². The van der Waals surface area contributed by atoms with Crippen molar-refractivity contribution >= 4 is 5.91 Å². The molecule has 9 rings (SSSR count). The van der Waals surface area contributed by atoms with Crippen molar-refractivity contribution in [1.29, 1.82) is 0 Å². The summed E-state index contributed by atoms with van der Waals surface area (Å²) in [7, 11) is 9.38. The van der Waals surface area contributed by atoms with E-state index in [9.17, 15) is 4.79 Å². The average molecular weight is 770 g/mol. The number of nitrogens with one attached hydrogen (secondary N) is 1. The van der Waals surface area contributed by atoms with Crippen molar-refractivity contribution in [1.82, 2.24) is 15.1 Å². The fourth-order valence-electron chi connectivity index (χ4n) is 8.37. The summed E-state index contributed by atoms with van der Waals surface area (Å²) in [4.78, 5) is 17.4. The van der Waals surface area contributed by atoms with Crippen LogP contribution in [0.4, 0.5) is 0 Å². The largest absolute Gasteiger partial charge is 0.493 e. The first-order chi connectivity index (χ1) is 27.8. The minimum absolute atomic E-state index is 0.0583. The van der Waals surface area contributed by atoms with Gasteiger partial charge in [0, 0.05) is 42.8 Å². The molecular formula is C47H51N3O7. The first-order valence-electron chi connectivity index (χ1n) is 19.8. The molecule has 6 bridgehead atoms. The zero-order valence-corrected chi connectivity index (χ0v) is 33.4. The zero-order chi connectivity index (χ0) is 39.5. The molecule has 10 nitrogen and oxygen atoms in total. The van der Waals surface area contributed by atoms with Gasteiger partial charge < -0.3 is 33.7 Å². The van der Waals surface area contributed by atoms with Gasteiger partial charge in [-0.1, -0.05) is 36.4 Å². The lowest BCUT2D eigenvalue weighted by Crippen LogP contribution is -2.34. The quantitative estimate of drug-likeness (QED) is 0.149. The van der Waals surface area contributed by atoms with Gasteiger partial charge >= 0.3 is 0 Å². The van der Waals surface area contributed by atoms with E-state index in [4.69, 9.17) is 28.4 Å². The van der Waals surface area contributed by atoms with Crippen LogP contribution in [-0.4, -0.2) is 77.4 Å². The van der Waals surface area contributed by atoms with E-state index in [1.165, 1.54) is 16.7 Å². The second kappa shape index (κ2) is 16.8. The van der Waals surface area contributed by atoms with E-state index in [-0.39, 0.29) is 18.0 Å². The Morgan fingerprint density at radius 1 is 0.719 bits per heavy atom. The van der Waals surface area contributed by atoms with Gasteiger partial charge in [0.05, 0.1) is 27.9 Å². The predicted octanol–water partition coefficient (Wildman–Crippen LogP) is 8.35. The van der Waals surface area contributed by atoms with Gasteiger partial charge in [-0.2, -0.15) is 0 Å². The van der Waals surface area contributed by atoms with Crippen molar-refractivity contribution < 1.29 is 33.2 Å². The monoisotopic (exact) mass is 769 g/mol. The summed E-state index contributed by atoms with van der Waals surface area (Å²) in [6.07, 6.45) is 3.86. The highest BCUT2D eigenvalue weighted by Crippen LogP contribution is 2.52. The zero-order valence-electron chi connectivity index (χ0n) is 33.4. The Morgan fingerprint density at radius 3 is 2.16 bits per heavy atom. The summed E-state index contributed by atoms with van der Waals surface area (Å²) in [6, 6.07) is 30.3. The number of benzene rings is 5. The summed E-state index contributed by atoms with van der Waals surface area (Å²) in [5.74, 6) is 5.05. The molecule has 0 saturated carbocycles. The van der Waals surface area contributed by atoms with Gasteiger partial charge in [0.1, 0.15) is 5.75 Å². The summed E-state index contributed by atoms with van der Waals surface area (Å²) in [6.45, 7) is 2.69. The molecule has 1 N–H and O–H groups in total. The maximum absolute atomic E-state index is 12.6. The van der Waals surface area contributed by atoms with Crippen LogP contribution < -0.4 is 33.7 Å². The maximum Gasteiger partial charge on any atom is 0.251 e.